The molecular weight excluding hydrogens is 312 g/mol. The Morgan fingerprint density at radius 3 is 2.43 bits per heavy atom. The Morgan fingerprint density at radius 2 is 1.74 bits per heavy atom. The Balaban J connectivity index is 0.00000192. The first-order chi connectivity index (χ1) is 10.7. The Labute approximate surface area is 140 Å². The van der Waals surface area contributed by atoms with Crippen molar-refractivity contribution >= 4 is 23.8 Å². The number of aromatic nitrogens is 1. The molecule has 6 nitrogen and oxygen atoms in total. The van der Waals surface area contributed by atoms with Crippen molar-refractivity contribution < 1.29 is 0 Å². The summed E-state index contributed by atoms with van der Waals surface area (Å²) < 4.78 is 0. The van der Waals surface area contributed by atoms with Gasteiger partial charge in [0.2, 0.25) is 5.79 Å². The molecule has 2 aromatic rings. The van der Waals surface area contributed by atoms with Gasteiger partial charge in [-0.25, -0.2) is 4.98 Å². The van der Waals surface area contributed by atoms with E-state index in [1.165, 1.54) is 0 Å². The first kappa shape index (κ1) is 16.7. The van der Waals surface area contributed by atoms with Crippen molar-refractivity contribution in [3.63, 3.8) is 0 Å². The van der Waals surface area contributed by atoms with Gasteiger partial charge in [0.05, 0.1) is 5.82 Å². The van der Waals surface area contributed by atoms with Gasteiger partial charge in [-0.05, 0) is 29.8 Å². The lowest BCUT2D eigenvalue weighted by atomic mass is 9.97. The van der Waals surface area contributed by atoms with E-state index in [-0.39, 0.29) is 12.4 Å². The second-order valence-electron chi connectivity index (χ2n) is 4.85. The van der Waals surface area contributed by atoms with E-state index in [9.17, 15) is 0 Å². The fourth-order valence-electron chi connectivity index (χ4n) is 2.19. The van der Waals surface area contributed by atoms with E-state index in [0.29, 0.717) is 11.6 Å². The molecule has 0 radical (unpaired) electrons. The van der Waals surface area contributed by atoms with Gasteiger partial charge in [0.1, 0.15) is 0 Å². The Morgan fingerprint density at radius 1 is 1.00 bits per heavy atom. The highest BCUT2D eigenvalue weighted by molar-refractivity contribution is 5.85. The second kappa shape index (κ2) is 7.04. The first-order valence-corrected chi connectivity index (χ1v) is 6.82. The normalized spacial score (nSPS) is 20.2. The van der Waals surface area contributed by atoms with Gasteiger partial charge >= 0.3 is 0 Å². The molecule has 1 atom stereocenters. The van der Waals surface area contributed by atoms with Crippen LogP contribution in [-0.4, -0.2) is 10.8 Å². The van der Waals surface area contributed by atoms with Crippen LogP contribution in [0.4, 0.5) is 5.82 Å². The predicted molar refractivity (Wildman–Crippen MR) is 92.7 cm³/mol. The largest absolute Gasteiger partial charge is 0.385 e. The zero-order valence-electron chi connectivity index (χ0n) is 12.3. The molecule has 5 N–H and O–H groups in total. The molecule has 1 aromatic carbocycles. The zero-order valence-corrected chi connectivity index (χ0v) is 13.1. The van der Waals surface area contributed by atoms with Crippen molar-refractivity contribution in [2.75, 3.05) is 0 Å². The molecule has 1 aromatic heterocycles. The average molecular weight is 329 g/mol. The van der Waals surface area contributed by atoms with Crippen LogP contribution in [-0.2, 0) is 0 Å². The van der Waals surface area contributed by atoms with Gasteiger partial charge in [0.15, 0.2) is 5.82 Å². The Hall–Kier alpha value is -2.70. The fraction of sp³-hybridized carbons (Fsp3) is 0.0625. The standard InChI is InChI=1S/C16H16N6.ClH/c17-14-10-9-13(12-6-2-1-3-7-12)16(18,20-14)22-21-15-8-4-5-11-19-15;/h1-11,20H,17-18H2;1H. The lowest BCUT2D eigenvalue weighted by Gasteiger charge is -2.31. The molecule has 0 amide bonds. The molecule has 1 aliphatic rings. The molecule has 0 fully saturated rings. The molecule has 0 bridgehead atoms. The highest BCUT2D eigenvalue weighted by Crippen LogP contribution is 2.29. The van der Waals surface area contributed by atoms with Crippen LogP contribution in [0.25, 0.3) is 5.57 Å². The van der Waals surface area contributed by atoms with Gasteiger partial charge in [-0.2, -0.15) is 0 Å². The monoisotopic (exact) mass is 328 g/mol. The maximum absolute atomic E-state index is 6.39. The van der Waals surface area contributed by atoms with E-state index in [1.54, 1.807) is 18.3 Å². The summed E-state index contributed by atoms with van der Waals surface area (Å²) in [5.41, 5.74) is 13.9. The summed E-state index contributed by atoms with van der Waals surface area (Å²) in [6, 6.07) is 15.1. The minimum atomic E-state index is -1.24. The summed E-state index contributed by atoms with van der Waals surface area (Å²) in [6.45, 7) is 0. The molecule has 118 valence electrons. The van der Waals surface area contributed by atoms with Gasteiger partial charge in [-0.15, -0.1) is 22.6 Å². The number of azo groups is 1. The zero-order chi connectivity index (χ0) is 15.4. The first-order valence-electron chi connectivity index (χ1n) is 6.82. The number of rotatable bonds is 3. The fourth-order valence-corrected chi connectivity index (χ4v) is 2.19. The molecule has 0 saturated carbocycles. The number of nitrogens with zero attached hydrogens (tertiary/aromatic N) is 3. The molecule has 23 heavy (non-hydrogen) atoms. The molecule has 1 unspecified atom stereocenters. The van der Waals surface area contributed by atoms with Crippen LogP contribution in [0, 0.1) is 0 Å². The summed E-state index contributed by atoms with van der Waals surface area (Å²) in [5.74, 6) is -0.325. The number of allylic oxidation sites excluding steroid dienone is 2. The Kier molecular flexibility index (Phi) is 5.10. The smallest absolute Gasteiger partial charge is 0.230 e. The van der Waals surface area contributed by atoms with Gasteiger partial charge in [-0.1, -0.05) is 36.4 Å². The van der Waals surface area contributed by atoms with Crippen molar-refractivity contribution in [2.24, 2.45) is 21.7 Å². The van der Waals surface area contributed by atoms with Crippen molar-refractivity contribution in [1.82, 2.24) is 10.3 Å². The quantitative estimate of drug-likeness (QED) is 0.754. The van der Waals surface area contributed by atoms with Crippen molar-refractivity contribution in [3.05, 3.63) is 78.3 Å². The van der Waals surface area contributed by atoms with E-state index in [2.05, 4.69) is 20.5 Å². The minimum absolute atomic E-state index is 0. The van der Waals surface area contributed by atoms with E-state index in [4.69, 9.17) is 11.5 Å². The molecular formula is C16H17ClN6. The summed E-state index contributed by atoms with van der Waals surface area (Å²) >= 11 is 0. The number of nitrogens with two attached hydrogens (primary N) is 2. The van der Waals surface area contributed by atoms with Crippen molar-refractivity contribution in [2.45, 2.75) is 5.79 Å². The highest BCUT2D eigenvalue weighted by atomic mass is 35.5. The summed E-state index contributed by atoms with van der Waals surface area (Å²) in [5, 5.41) is 11.3. The molecule has 7 heteroatoms. The third kappa shape index (κ3) is 3.74. The molecule has 0 aliphatic carbocycles. The van der Waals surface area contributed by atoms with Gasteiger partial charge in [-0.3, -0.25) is 5.73 Å². The van der Waals surface area contributed by atoms with E-state index >= 15 is 0 Å². The van der Waals surface area contributed by atoms with Gasteiger partial charge in [0, 0.05) is 11.8 Å². The van der Waals surface area contributed by atoms with Crippen LogP contribution in [0.1, 0.15) is 5.56 Å². The van der Waals surface area contributed by atoms with Crippen LogP contribution in [0.5, 0.6) is 0 Å². The summed E-state index contributed by atoms with van der Waals surface area (Å²) in [4.78, 5) is 4.10. The summed E-state index contributed by atoms with van der Waals surface area (Å²) in [7, 11) is 0. The number of hydrogen-bond donors (Lipinski definition) is 3. The van der Waals surface area contributed by atoms with Crippen LogP contribution in [0.3, 0.4) is 0 Å². The van der Waals surface area contributed by atoms with Gasteiger partial charge in [0.25, 0.3) is 0 Å². The Bertz CT molecular complexity index is 742. The van der Waals surface area contributed by atoms with Crippen molar-refractivity contribution in [3.8, 4) is 0 Å². The van der Waals surface area contributed by atoms with Crippen LogP contribution >= 0.6 is 12.4 Å². The topological polar surface area (TPSA) is 102 Å². The van der Waals surface area contributed by atoms with Crippen LogP contribution in [0.15, 0.2) is 82.9 Å². The van der Waals surface area contributed by atoms with E-state index in [0.717, 1.165) is 11.1 Å². The molecule has 0 saturated heterocycles. The second-order valence-corrected chi connectivity index (χ2v) is 4.85. The predicted octanol–water partition coefficient (Wildman–Crippen LogP) is 2.69. The number of benzene rings is 1. The lowest BCUT2D eigenvalue weighted by molar-refractivity contribution is 0.467. The number of hydrogen-bond acceptors (Lipinski definition) is 6. The average Bonchev–Trinajstić information content (AvgIpc) is 2.55. The van der Waals surface area contributed by atoms with E-state index < -0.39 is 5.79 Å². The molecule has 1 aliphatic heterocycles. The van der Waals surface area contributed by atoms with Crippen LogP contribution in [0.2, 0.25) is 0 Å². The van der Waals surface area contributed by atoms with E-state index in [1.807, 2.05) is 48.5 Å². The highest BCUT2D eigenvalue weighted by Gasteiger charge is 2.33. The maximum atomic E-state index is 6.39. The number of nitrogens with one attached hydrogen (secondary N) is 1. The lowest BCUT2D eigenvalue weighted by Crippen LogP contribution is -2.54. The van der Waals surface area contributed by atoms with Crippen molar-refractivity contribution in [1.29, 1.82) is 0 Å². The summed E-state index contributed by atoms with van der Waals surface area (Å²) in [6.07, 6.45) is 5.25. The number of halogens is 1. The third-order valence-corrected chi connectivity index (χ3v) is 3.22. The van der Waals surface area contributed by atoms with Gasteiger partial charge < -0.3 is 11.1 Å². The molecule has 3 rings (SSSR count). The molecule has 0 spiro atoms. The molecule has 2 heterocycles. The SMILES string of the molecule is Cl.NC1=CC=C(c2ccccc2)C(N)(N=Nc2ccccn2)N1. The number of dihydropyridines is 1. The maximum Gasteiger partial charge on any atom is 0.230 e. The third-order valence-electron chi connectivity index (χ3n) is 3.22. The van der Waals surface area contributed by atoms with Crippen LogP contribution < -0.4 is 16.8 Å². The minimum Gasteiger partial charge on any atom is -0.385 e. The number of pyridine rings is 1.